The minimum atomic E-state index is 0. The SMILES string of the molecule is [CH2-]C1=C([CH2-])CCC=C1.[V+2]. The Kier molecular flexibility index (Phi) is 3.68. The summed E-state index contributed by atoms with van der Waals surface area (Å²) in [6, 6.07) is 0. The molecule has 0 aromatic rings. The molecule has 1 aliphatic carbocycles. The molecule has 0 unspecified atom stereocenters. The van der Waals surface area contributed by atoms with Gasteiger partial charge in [-0.3, -0.25) is 13.8 Å². The molecule has 0 aliphatic heterocycles. The van der Waals surface area contributed by atoms with Gasteiger partial charge in [0, 0.05) is 0 Å². The maximum absolute atomic E-state index is 3.84. The van der Waals surface area contributed by atoms with E-state index in [4.69, 9.17) is 0 Å². The zero-order chi connectivity index (χ0) is 5.98. The molecule has 0 bridgehead atoms. The second-order valence-corrected chi connectivity index (χ2v) is 2.07. The van der Waals surface area contributed by atoms with Gasteiger partial charge in [0.05, 0.1) is 0 Å². The van der Waals surface area contributed by atoms with Crippen LogP contribution in [0.15, 0.2) is 23.3 Å². The molecule has 1 radical (unpaired) electrons. The van der Waals surface area contributed by atoms with Gasteiger partial charge >= 0.3 is 18.6 Å². The van der Waals surface area contributed by atoms with Crippen LogP contribution in [-0.2, 0) is 18.6 Å². The molecule has 1 rings (SSSR count). The monoisotopic (exact) mass is 157 g/mol. The molecule has 0 amide bonds. The van der Waals surface area contributed by atoms with Crippen LogP contribution < -0.4 is 0 Å². The second kappa shape index (κ2) is 3.76. The molecule has 0 N–H and O–H groups in total. The van der Waals surface area contributed by atoms with Crippen molar-refractivity contribution < 1.29 is 18.6 Å². The summed E-state index contributed by atoms with van der Waals surface area (Å²) in [7, 11) is 0. The van der Waals surface area contributed by atoms with Crippen molar-refractivity contribution in [1.29, 1.82) is 0 Å². The Morgan fingerprint density at radius 3 is 2.33 bits per heavy atom. The van der Waals surface area contributed by atoms with Gasteiger partial charge in [-0.25, -0.2) is 6.08 Å². The van der Waals surface area contributed by atoms with Crippen molar-refractivity contribution in [3.05, 3.63) is 37.1 Å². The summed E-state index contributed by atoms with van der Waals surface area (Å²) in [6.45, 7) is 7.65. The minimum absolute atomic E-state index is 0. The Labute approximate surface area is 68.9 Å². The van der Waals surface area contributed by atoms with Crippen molar-refractivity contribution in [2.75, 3.05) is 0 Å². The van der Waals surface area contributed by atoms with Crippen molar-refractivity contribution >= 4 is 0 Å². The van der Waals surface area contributed by atoms with Gasteiger partial charge in [-0.2, -0.15) is 6.08 Å². The van der Waals surface area contributed by atoms with Crippen LogP contribution in [-0.4, -0.2) is 0 Å². The molecular formula is C8H10V. The van der Waals surface area contributed by atoms with E-state index in [1.54, 1.807) is 0 Å². The summed E-state index contributed by atoms with van der Waals surface area (Å²) in [5.41, 5.74) is 2.28. The maximum Gasteiger partial charge on any atom is 2.00 e. The van der Waals surface area contributed by atoms with E-state index < -0.39 is 0 Å². The topological polar surface area (TPSA) is 0 Å². The van der Waals surface area contributed by atoms with Crippen LogP contribution in [0, 0.1) is 13.8 Å². The largest absolute Gasteiger partial charge is 2.00 e. The first-order chi connectivity index (χ1) is 3.80. The van der Waals surface area contributed by atoms with E-state index in [1.165, 1.54) is 5.57 Å². The Bertz CT molecular complexity index is 143. The summed E-state index contributed by atoms with van der Waals surface area (Å²) in [5.74, 6) is 0. The van der Waals surface area contributed by atoms with Crippen molar-refractivity contribution in [2.45, 2.75) is 12.8 Å². The number of allylic oxidation sites excluding steroid dienone is 4. The van der Waals surface area contributed by atoms with Gasteiger partial charge in [-0.05, 0) is 0 Å². The first-order valence-electron chi connectivity index (χ1n) is 2.84. The fourth-order valence-corrected chi connectivity index (χ4v) is 0.762. The van der Waals surface area contributed by atoms with Gasteiger partial charge in [0.2, 0.25) is 0 Å². The Morgan fingerprint density at radius 1 is 1.33 bits per heavy atom. The zero-order valence-corrected chi connectivity index (χ0v) is 6.83. The first kappa shape index (κ1) is 8.80. The van der Waals surface area contributed by atoms with Crippen molar-refractivity contribution in [2.24, 2.45) is 0 Å². The zero-order valence-electron chi connectivity index (χ0n) is 5.43. The number of hydrogen-bond acceptors (Lipinski definition) is 0. The summed E-state index contributed by atoms with van der Waals surface area (Å²) in [6.07, 6.45) is 6.40. The van der Waals surface area contributed by atoms with E-state index >= 15 is 0 Å². The molecule has 0 saturated carbocycles. The molecular weight excluding hydrogens is 147 g/mol. The minimum Gasteiger partial charge on any atom is -0.345 e. The van der Waals surface area contributed by atoms with Gasteiger partial charge in [0.25, 0.3) is 0 Å². The Hall–Kier alpha value is -0.196. The third-order valence-electron chi connectivity index (χ3n) is 1.39. The quantitative estimate of drug-likeness (QED) is 0.473. The molecule has 0 atom stereocenters. The molecule has 0 heterocycles. The van der Waals surface area contributed by atoms with Crippen molar-refractivity contribution in [3.63, 3.8) is 0 Å². The van der Waals surface area contributed by atoms with Crippen LogP contribution in [0.25, 0.3) is 0 Å². The molecule has 1 aliphatic rings. The Morgan fingerprint density at radius 2 is 2.00 bits per heavy atom. The fraction of sp³-hybridized carbons (Fsp3) is 0.250. The predicted molar refractivity (Wildman–Crippen MR) is 36.1 cm³/mol. The van der Waals surface area contributed by atoms with Crippen molar-refractivity contribution in [3.8, 4) is 0 Å². The number of hydrogen-bond donors (Lipinski definition) is 0. The molecule has 0 fully saturated rings. The Balaban J connectivity index is 0.000000640. The summed E-state index contributed by atoms with van der Waals surface area (Å²) >= 11 is 0. The average Bonchev–Trinajstić information content (AvgIpc) is 1.77. The second-order valence-electron chi connectivity index (χ2n) is 2.07. The van der Waals surface area contributed by atoms with Gasteiger partial charge in [0.15, 0.2) is 0 Å². The van der Waals surface area contributed by atoms with Gasteiger partial charge < -0.3 is 11.1 Å². The molecule has 9 heavy (non-hydrogen) atoms. The van der Waals surface area contributed by atoms with Gasteiger partial charge in [-0.15, -0.1) is 6.42 Å². The van der Waals surface area contributed by atoms with E-state index in [1.807, 2.05) is 6.08 Å². The third kappa shape index (κ3) is 2.25. The smallest absolute Gasteiger partial charge is 0.345 e. The van der Waals surface area contributed by atoms with E-state index in [0.717, 1.165) is 18.4 Å². The molecule has 1 heteroatoms. The van der Waals surface area contributed by atoms with Crippen molar-refractivity contribution in [1.82, 2.24) is 0 Å². The van der Waals surface area contributed by atoms with E-state index in [2.05, 4.69) is 19.9 Å². The van der Waals surface area contributed by atoms with Gasteiger partial charge in [-0.1, -0.05) is 6.42 Å². The first-order valence-corrected chi connectivity index (χ1v) is 2.84. The predicted octanol–water partition coefficient (Wildman–Crippen LogP) is 2.30. The van der Waals surface area contributed by atoms with Crippen LogP contribution in [0.4, 0.5) is 0 Å². The van der Waals surface area contributed by atoms with Crippen LogP contribution in [0.1, 0.15) is 12.8 Å². The van der Waals surface area contributed by atoms with Crippen LogP contribution in [0.3, 0.4) is 0 Å². The molecule has 0 spiro atoms. The van der Waals surface area contributed by atoms with Crippen LogP contribution in [0.5, 0.6) is 0 Å². The van der Waals surface area contributed by atoms with E-state index in [9.17, 15) is 0 Å². The molecule has 0 nitrogen and oxygen atoms in total. The average molecular weight is 157 g/mol. The third-order valence-corrected chi connectivity index (χ3v) is 1.39. The summed E-state index contributed by atoms with van der Waals surface area (Å²) in [4.78, 5) is 0. The molecule has 0 aromatic carbocycles. The summed E-state index contributed by atoms with van der Waals surface area (Å²) < 4.78 is 0. The number of rotatable bonds is 0. The molecule has 47 valence electrons. The maximum atomic E-state index is 3.84. The standard InChI is InChI=1S/C8H10.V/c1-7-5-3-4-6-8(7)2;/h3,5H,1-2,4,6H2;/q-2;+2. The molecule has 0 saturated heterocycles. The van der Waals surface area contributed by atoms with E-state index in [0.29, 0.717) is 0 Å². The van der Waals surface area contributed by atoms with Gasteiger partial charge in [0.1, 0.15) is 0 Å². The van der Waals surface area contributed by atoms with Crippen LogP contribution >= 0.6 is 0 Å². The molecule has 0 aromatic heterocycles. The normalized spacial score (nSPS) is 17.3. The van der Waals surface area contributed by atoms with Crippen LogP contribution in [0.2, 0.25) is 0 Å². The van der Waals surface area contributed by atoms with E-state index in [-0.39, 0.29) is 18.6 Å². The summed E-state index contributed by atoms with van der Waals surface area (Å²) in [5, 5.41) is 0. The fourth-order valence-electron chi connectivity index (χ4n) is 0.762.